The second-order valence-electron chi connectivity index (χ2n) is 5.23. The van der Waals surface area contributed by atoms with Gasteiger partial charge in [-0.1, -0.05) is 12.1 Å². The van der Waals surface area contributed by atoms with Crippen LogP contribution in [0.2, 0.25) is 0 Å². The van der Waals surface area contributed by atoms with Gasteiger partial charge in [0, 0.05) is 12.6 Å². The highest BCUT2D eigenvalue weighted by atomic mass is 16.5. The highest BCUT2D eigenvalue weighted by molar-refractivity contribution is 5.70. The van der Waals surface area contributed by atoms with Gasteiger partial charge >= 0.3 is 5.97 Å². The van der Waals surface area contributed by atoms with Crippen LogP contribution in [0.5, 0.6) is 5.75 Å². The molecule has 2 rings (SSSR count). The smallest absolute Gasteiger partial charge is 0.306 e. The second-order valence-corrected chi connectivity index (χ2v) is 5.23. The van der Waals surface area contributed by atoms with Crippen molar-refractivity contribution in [3.8, 4) is 5.75 Å². The minimum Gasteiger partial charge on any atom is -0.497 e. The molecule has 4 nitrogen and oxygen atoms in total. The van der Waals surface area contributed by atoms with Crippen LogP contribution in [0.3, 0.4) is 0 Å². The molecule has 1 aliphatic rings. The zero-order valence-electron chi connectivity index (χ0n) is 11.5. The molecule has 19 heavy (non-hydrogen) atoms. The molecule has 0 bridgehead atoms. The van der Waals surface area contributed by atoms with Gasteiger partial charge in [0.1, 0.15) is 5.75 Å². The van der Waals surface area contributed by atoms with Crippen LogP contribution in [0.15, 0.2) is 24.3 Å². The summed E-state index contributed by atoms with van der Waals surface area (Å²) in [5.41, 5.74) is 1.24. The van der Waals surface area contributed by atoms with Crippen LogP contribution in [0.4, 0.5) is 0 Å². The second kappa shape index (κ2) is 6.06. The van der Waals surface area contributed by atoms with E-state index in [2.05, 4.69) is 24.0 Å². The summed E-state index contributed by atoms with van der Waals surface area (Å²) in [6, 6.07) is 8.37. The summed E-state index contributed by atoms with van der Waals surface area (Å²) in [7, 11) is 1.66. The standard InChI is InChI=1S/C15H21NO3/c1-11-9-13(15(17)18)7-8-16(11)10-12-3-5-14(19-2)6-4-12/h3-6,11,13H,7-10H2,1-2H3,(H,17,18). The summed E-state index contributed by atoms with van der Waals surface area (Å²) < 4.78 is 5.14. The number of rotatable bonds is 4. The lowest BCUT2D eigenvalue weighted by Gasteiger charge is -2.36. The van der Waals surface area contributed by atoms with E-state index in [1.165, 1.54) is 5.56 Å². The largest absolute Gasteiger partial charge is 0.497 e. The molecule has 4 heteroatoms. The molecule has 0 aromatic heterocycles. The number of nitrogens with zero attached hydrogens (tertiary/aromatic N) is 1. The number of carboxylic acid groups (broad SMARTS) is 1. The Hall–Kier alpha value is -1.55. The van der Waals surface area contributed by atoms with Crippen LogP contribution >= 0.6 is 0 Å². The lowest BCUT2D eigenvalue weighted by molar-refractivity contribution is -0.144. The van der Waals surface area contributed by atoms with E-state index in [4.69, 9.17) is 9.84 Å². The number of piperidine rings is 1. The molecular weight excluding hydrogens is 242 g/mol. The average Bonchev–Trinajstić information content (AvgIpc) is 2.41. The van der Waals surface area contributed by atoms with Gasteiger partial charge in [0.25, 0.3) is 0 Å². The lowest BCUT2D eigenvalue weighted by atomic mass is 9.91. The van der Waals surface area contributed by atoms with Gasteiger partial charge in [-0.2, -0.15) is 0 Å². The molecule has 1 heterocycles. The predicted octanol–water partition coefficient (Wildman–Crippen LogP) is 2.38. The van der Waals surface area contributed by atoms with E-state index >= 15 is 0 Å². The van der Waals surface area contributed by atoms with Crippen LogP contribution in [0.1, 0.15) is 25.3 Å². The number of hydrogen-bond donors (Lipinski definition) is 1. The zero-order valence-corrected chi connectivity index (χ0v) is 11.5. The Morgan fingerprint density at radius 2 is 2.11 bits per heavy atom. The highest BCUT2D eigenvalue weighted by Crippen LogP contribution is 2.25. The average molecular weight is 263 g/mol. The number of aliphatic carboxylic acids is 1. The van der Waals surface area contributed by atoms with Gasteiger partial charge < -0.3 is 9.84 Å². The first-order chi connectivity index (χ1) is 9.10. The maximum Gasteiger partial charge on any atom is 0.306 e. The van der Waals surface area contributed by atoms with Crippen molar-refractivity contribution >= 4 is 5.97 Å². The number of ether oxygens (including phenoxy) is 1. The summed E-state index contributed by atoms with van der Waals surface area (Å²) in [6.07, 6.45) is 1.49. The van der Waals surface area contributed by atoms with Crippen molar-refractivity contribution in [3.05, 3.63) is 29.8 Å². The molecule has 0 radical (unpaired) electrons. The van der Waals surface area contributed by atoms with Crippen molar-refractivity contribution in [1.82, 2.24) is 4.90 Å². The van der Waals surface area contributed by atoms with E-state index in [0.29, 0.717) is 6.04 Å². The highest BCUT2D eigenvalue weighted by Gasteiger charge is 2.29. The monoisotopic (exact) mass is 263 g/mol. The number of carboxylic acids is 1. The van der Waals surface area contributed by atoms with Crippen molar-refractivity contribution in [2.45, 2.75) is 32.4 Å². The molecule has 1 aromatic carbocycles. The Labute approximate surface area is 114 Å². The number of carbonyl (C=O) groups is 1. The van der Waals surface area contributed by atoms with Crippen molar-refractivity contribution in [2.75, 3.05) is 13.7 Å². The van der Waals surface area contributed by atoms with E-state index in [-0.39, 0.29) is 5.92 Å². The molecule has 1 aliphatic heterocycles. The summed E-state index contributed by atoms with van der Waals surface area (Å²) in [4.78, 5) is 13.4. The number of methoxy groups -OCH3 is 1. The first-order valence-corrected chi connectivity index (χ1v) is 6.70. The predicted molar refractivity (Wildman–Crippen MR) is 73.2 cm³/mol. The normalized spacial score (nSPS) is 24.1. The maximum atomic E-state index is 11.0. The van der Waals surface area contributed by atoms with Crippen molar-refractivity contribution in [2.24, 2.45) is 5.92 Å². The van der Waals surface area contributed by atoms with Crippen LogP contribution in [-0.2, 0) is 11.3 Å². The van der Waals surface area contributed by atoms with Crippen LogP contribution in [-0.4, -0.2) is 35.7 Å². The Morgan fingerprint density at radius 1 is 1.42 bits per heavy atom. The Bertz CT molecular complexity index is 430. The van der Waals surface area contributed by atoms with E-state index in [1.54, 1.807) is 7.11 Å². The zero-order chi connectivity index (χ0) is 13.8. The molecule has 0 saturated carbocycles. The fourth-order valence-electron chi connectivity index (χ4n) is 2.65. The first-order valence-electron chi connectivity index (χ1n) is 6.70. The summed E-state index contributed by atoms with van der Waals surface area (Å²) >= 11 is 0. The molecule has 0 amide bonds. The van der Waals surface area contributed by atoms with E-state index in [9.17, 15) is 4.79 Å². The van der Waals surface area contributed by atoms with Gasteiger partial charge in [-0.3, -0.25) is 9.69 Å². The molecular formula is C15H21NO3. The number of likely N-dealkylation sites (tertiary alicyclic amines) is 1. The van der Waals surface area contributed by atoms with Gasteiger partial charge in [0.15, 0.2) is 0 Å². The fraction of sp³-hybridized carbons (Fsp3) is 0.533. The SMILES string of the molecule is COc1ccc(CN2CCC(C(=O)O)CC2C)cc1. The maximum absolute atomic E-state index is 11.0. The van der Waals surface area contributed by atoms with Gasteiger partial charge in [0.05, 0.1) is 13.0 Å². The Kier molecular flexibility index (Phi) is 4.43. The first kappa shape index (κ1) is 13.9. The van der Waals surface area contributed by atoms with Crippen molar-refractivity contribution in [1.29, 1.82) is 0 Å². The third kappa shape index (κ3) is 3.47. The molecule has 104 valence electrons. The molecule has 1 saturated heterocycles. The quantitative estimate of drug-likeness (QED) is 0.906. The van der Waals surface area contributed by atoms with E-state index in [1.807, 2.05) is 12.1 Å². The minimum atomic E-state index is -0.657. The minimum absolute atomic E-state index is 0.179. The fourth-order valence-corrected chi connectivity index (χ4v) is 2.65. The topological polar surface area (TPSA) is 49.8 Å². The lowest BCUT2D eigenvalue weighted by Crippen LogP contribution is -2.42. The molecule has 2 unspecified atom stereocenters. The number of hydrogen-bond acceptors (Lipinski definition) is 3. The van der Waals surface area contributed by atoms with Crippen LogP contribution in [0, 0.1) is 5.92 Å². The summed E-state index contributed by atoms with van der Waals surface area (Å²) in [6.45, 7) is 3.83. The van der Waals surface area contributed by atoms with Gasteiger partial charge in [-0.05, 0) is 44.0 Å². The molecule has 0 spiro atoms. The number of benzene rings is 1. The molecule has 1 fully saturated rings. The van der Waals surface area contributed by atoms with Crippen molar-refractivity contribution in [3.63, 3.8) is 0 Å². The molecule has 1 N–H and O–H groups in total. The van der Waals surface area contributed by atoms with Crippen molar-refractivity contribution < 1.29 is 14.6 Å². The van der Waals surface area contributed by atoms with Gasteiger partial charge in [-0.15, -0.1) is 0 Å². The Morgan fingerprint density at radius 3 is 2.63 bits per heavy atom. The summed E-state index contributed by atoms with van der Waals surface area (Å²) in [5.74, 6) is 0.0273. The van der Waals surface area contributed by atoms with E-state index in [0.717, 1.165) is 31.7 Å². The van der Waals surface area contributed by atoms with Crippen LogP contribution in [0.25, 0.3) is 0 Å². The Balaban J connectivity index is 1.94. The summed E-state index contributed by atoms with van der Waals surface area (Å²) in [5, 5.41) is 9.06. The molecule has 1 aromatic rings. The van der Waals surface area contributed by atoms with Crippen LogP contribution < -0.4 is 4.74 Å². The van der Waals surface area contributed by atoms with Gasteiger partial charge in [0.2, 0.25) is 0 Å². The third-order valence-electron chi connectivity index (χ3n) is 3.91. The molecule has 2 atom stereocenters. The van der Waals surface area contributed by atoms with Gasteiger partial charge in [-0.25, -0.2) is 0 Å². The van der Waals surface area contributed by atoms with E-state index < -0.39 is 5.97 Å². The molecule has 0 aliphatic carbocycles. The third-order valence-corrected chi connectivity index (χ3v) is 3.91.